The molecule has 1 radical (unpaired) electrons. The summed E-state index contributed by atoms with van der Waals surface area (Å²) >= 11 is 0. The number of hydrogen-bond donors (Lipinski definition) is 4. The second-order valence-corrected chi connectivity index (χ2v) is 36.4. The molecule has 0 bridgehead atoms. The smallest absolute Gasteiger partial charge is 0.489 e. The van der Waals surface area contributed by atoms with E-state index in [0.29, 0.717) is 136 Å². The van der Waals surface area contributed by atoms with Gasteiger partial charge < -0.3 is 154 Å². The molecule has 6 N–H and O–H groups in total. The van der Waals surface area contributed by atoms with Crippen LogP contribution in [-0.2, 0) is 134 Å². The average Bonchev–Trinajstić information content (AvgIpc) is 0.820. The third-order valence-corrected chi connectivity index (χ3v) is 17.3. The number of ether oxygens (including phenoxy) is 27. The van der Waals surface area contributed by atoms with Gasteiger partial charge in [-0.05, 0) is 178 Å². The van der Waals surface area contributed by atoms with Crippen LogP contribution in [0.25, 0.3) is 0 Å². The topological polar surface area (TPSA) is 457 Å². The summed E-state index contributed by atoms with van der Waals surface area (Å²) in [6.07, 6.45) is 0. The number of carboxylic acid groups (broad SMARTS) is 4. The Labute approximate surface area is 865 Å². The molecule has 0 aliphatic carbocycles. The molecule has 3 rings (SSSR count). The van der Waals surface area contributed by atoms with Crippen molar-refractivity contribution >= 4 is 29.8 Å². The van der Waals surface area contributed by atoms with Gasteiger partial charge in [-0.1, -0.05) is 0 Å². The van der Waals surface area contributed by atoms with Gasteiger partial charge in [0.05, 0.1) is 265 Å². The predicted octanol–water partition coefficient (Wildman–Crippen LogP) is 5.67. The van der Waals surface area contributed by atoms with Crippen LogP contribution in [0, 0.1) is 39.9 Å². The molecule has 0 unspecified atom stereocenters. The molecule has 0 heterocycles. The molecule has 0 atom stereocenters. The van der Waals surface area contributed by atoms with E-state index in [2.05, 4.69) is 0 Å². The summed E-state index contributed by atoms with van der Waals surface area (Å²) in [6.45, 7) is 40.8. The van der Waals surface area contributed by atoms with Crippen LogP contribution in [0.4, 0.5) is 0 Å². The molecule has 0 saturated carbocycles. The molecule has 3 aromatic carbocycles. The van der Waals surface area contributed by atoms with E-state index in [0.717, 1.165) is 4.90 Å². The zero-order valence-corrected chi connectivity index (χ0v) is 89.3. The largest absolute Gasteiger partial charge is 3.00 e. The molecule has 0 aliphatic heterocycles. The van der Waals surface area contributed by atoms with E-state index in [9.17, 15) is 44.4 Å². The second kappa shape index (κ2) is 76.5. The van der Waals surface area contributed by atoms with Crippen molar-refractivity contribution in [2.45, 2.75) is 178 Å². The normalized spacial score (nSPS) is 12.0. The zero-order chi connectivity index (χ0) is 99.0. The van der Waals surface area contributed by atoms with Gasteiger partial charge in [0.2, 0.25) is 11.5 Å². The maximum Gasteiger partial charge on any atom is 3.00 e. The van der Waals surface area contributed by atoms with Crippen LogP contribution in [-0.4, -0.2) is 401 Å². The molecule has 0 spiro atoms. The molecule has 40 nitrogen and oxygen atoms in total. The first-order valence-corrected chi connectivity index (χ1v) is 46.0. The molecule has 137 heavy (non-hydrogen) atoms. The summed E-state index contributed by atoms with van der Waals surface area (Å²) in [5.74, 6) is -4.05. The summed E-state index contributed by atoms with van der Waals surface area (Å²) in [5, 5.41) is 38.8. The molecule has 0 saturated heterocycles. The van der Waals surface area contributed by atoms with Crippen molar-refractivity contribution in [1.82, 2.24) is 14.7 Å². The van der Waals surface area contributed by atoms with Crippen molar-refractivity contribution in [3.05, 3.63) is 59.2 Å². The number of benzene rings is 3. The monoisotopic (exact) mass is 2120 g/mol. The first-order chi connectivity index (χ1) is 63.5. The minimum absolute atomic E-state index is 0. The van der Waals surface area contributed by atoms with Crippen molar-refractivity contribution in [3.63, 3.8) is 0 Å². The molecular formula is C95H163GdN3NaO37+4. The fraction of sp³-hybridized carbons (Fsp3) is 0.758. The summed E-state index contributed by atoms with van der Waals surface area (Å²) in [4.78, 5) is 65.4. The molecule has 42 heteroatoms. The molecule has 3 aromatic rings. The van der Waals surface area contributed by atoms with Crippen molar-refractivity contribution in [2.24, 2.45) is 0 Å². The summed E-state index contributed by atoms with van der Waals surface area (Å²) < 4.78 is 163. The van der Waals surface area contributed by atoms with Crippen LogP contribution < -0.4 is 67.5 Å². The van der Waals surface area contributed by atoms with Gasteiger partial charge in [-0.2, -0.15) is 0 Å². The Kier molecular flexibility index (Phi) is 73.6. The Morgan fingerprint density at radius 3 is 0.657 bits per heavy atom. The van der Waals surface area contributed by atoms with Crippen LogP contribution in [0.15, 0.2) is 42.5 Å². The van der Waals surface area contributed by atoms with Gasteiger partial charge in [-0.3, -0.25) is 38.7 Å². The van der Waals surface area contributed by atoms with Gasteiger partial charge in [0.1, 0.15) is 71.0 Å². The Bertz CT molecular complexity index is 3330. The fourth-order valence-corrected chi connectivity index (χ4v) is 11.4. The molecule has 0 amide bonds. The third-order valence-electron chi connectivity index (χ3n) is 17.3. The SMILES string of the molecule is CC(C)(C)OCCOCCOCCOc1cc(COc2cc(COC(=O)CN(CCN(CCN(CC(=O)O)CC(=O)O)CC(=O)O)CC(=O)O)cc(OCc3cc(OCCOCCOCCOC(C)(C)C)c(OCCOCCOCCOC(C)(C)C)c(OCCOCCOCCOC(C)(C)C)c3)c2)cc(OCCOCCOCCOC(C)(C)C)c1OCCOCCOCCOC(C)(C)C.O.[Gd+3].[Na+]. The Morgan fingerprint density at radius 2 is 0.431 bits per heavy atom. The molecule has 785 valence electrons. The van der Waals surface area contributed by atoms with Crippen molar-refractivity contribution in [1.29, 1.82) is 0 Å². The molecule has 0 aromatic heterocycles. The van der Waals surface area contributed by atoms with E-state index < -0.39 is 69.2 Å². The number of carbonyl (C=O) groups is 5. The fourth-order valence-electron chi connectivity index (χ4n) is 11.4. The zero-order valence-electron chi connectivity index (χ0n) is 85.0. The standard InChI is InChI=1S/C95H161N3O36.Gd.Na.H2O/c1-90(2,3)129-53-41-114-29-23-108-35-47-120-79-61-75(62-80(121-48-36-109-24-30-115-42-54-130-91(4,5)6)88(79)124-51-39-112-27-33-118-45-57-133-94(13,14)15)71-126-77-59-74(73-128-87(107)70-98(69-86(105)106)22-20-96(66-83(99)100)19-21-97(67-84(101)102)68-85(103)104)60-78(65-77)127-72-76-63-81(122-49-37-110-25-31-116-43-55-131-92(7,8)9)89(125-52-40-113-28-34-119-46-58-134-95(16,17)18)82(64-76)123-50-38-111-26-32-117-44-56-132-93(10,11)12;;;/h59-65H,19-58,66-73H2,1-18H3,(H,99,100)(H,101,102)(H,103,104)(H,105,106);;;1H2/q;+3;+1;. The Morgan fingerprint density at radius 1 is 0.241 bits per heavy atom. The predicted molar refractivity (Wildman–Crippen MR) is 498 cm³/mol. The third kappa shape index (κ3) is 77.1. The van der Waals surface area contributed by atoms with Crippen LogP contribution >= 0.6 is 0 Å². The minimum atomic E-state index is -1.31. The molecular weight excluding hydrogens is 1960 g/mol. The van der Waals surface area contributed by atoms with E-state index in [1.807, 2.05) is 125 Å². The number of esters is 1. The van der Waals surface area contributed by atoms with E-state index in [-0.39, 0.29) is 313 Å². The minimum Gasteiger partial charge on any atom is -0.489 e. The summed E-state index contributed by atoms with van der Waals surface area (Å²) in [6, 6.07) is 11.9. The van der Waals surface area contributed by atoms with E-state index in [1.165, 1.54) is 9.80 Å². The molecule has 0 fully saturated rings. The van der Waals surface area contributed by atoms with Crippen LogP contribution in [0.1, 0.15) is 141 Å². The first-order valence-electron chi connectivity index (χ1n) is 46.0. The van der Waals surface area contributed by atoms with Crippen LogP contribution in [0.3, 0.4) is 0 Å². The van der Waals surface area contributed by atoms with Gasteiger partial charge in [0.15, 0.2) is 23.0 Å². The van der Waals surface area contributed by atoms with Crippen molar-refractivity contribution < 1.29 is 247 Å². The Hall–Kier alpha value is -5.15. The van der Waals surface area contributed by atoms with E-state index >= 15 is 0 Å². The second-order valence-electron chi connectivity index (χ2n) is 36.4. The molecule has 0 aliphatic rings. The van der Waals surface area contributed by atoms with Gasteiger partial charge in [0, 0.05) is 32.2 Å². The Balaban J connectivity index is 0.0000617. The number of hydrogen-bond acceptors (Lipinski definition) is 35. The number of carboxylic acids is 4. The maximum atomic E-state index is 14.1. The maximum absolute atomic E-state index is 14.1. The quantitative estimate of drug-likeness (QED) is 0.0300. The van der Waals surface area contributed by atoms with Crippen LogP contribution in [0.2, 0.25) is 0 Å². The van der Waals surface area contributed by atoms with Gasteiger partial charge in [0.25, 0.3) is 0 Å². The number of aliphatic carboxylic acids is 4. The average molecular weight is 2120 g/mol. The van der Waals surface area contributed by atoms with E-state index in [1.54, 1.807) is 42.5 Å². The summed E-state index contributed by atoms with van der Waals surface area (Å²) in [5.41, 5.74) is -0.458. The van der Waals surface area contributed by atoms with Gasteiger partial charge in [-0.25, -0.2) is 0 Å². The van der Waals surface area contributed by atoms with Crippen LogP contribution in [0.5, 0.6) is 46.0 Å². The van der Waals surface area contributed by atoms with Gasteiger partial charge >= 0.3 is 99.3 Å². The number of rotatable bonds is 84. The number of carbonyl (C=O) groups excluding carboxylic acids is 1. The van der Waals surface area contributed by atoms with Crippen molar-refractivity contribution in [2.75, 3.05) is 297 Å². The van der Waals surface area contributed by atoms with Gasteiger partial charge in [-0.15, -0.1) is 0 Å². The summed E-state index contributed by atoms with van der Waals surface area (Å²) in [7, 11) is 0. The van der Waals surface area contributed by atoms with Crippen molar-refractivity contribution in [3.8, 4) is 46.0 Å². The first kappa shape index (κ1) is 132. The number of nitrogens with zero attached hydrogens (tertiary/aromatic N) is 3. The van der Waals surface area contributed by atoms with E-state index in [4.69, 9.17) is 128 Å².